The highest BCUT2D eigenvalue weighted by atomic mass is 19.4. The summed E-state index contributed by atoms with van der Waals surface area (Å²) in [5, 5.41) is 0. The van der Waals surface area contributed by atoms with E-state index >= 15 is 0 Å². The van der Waals surface area contributed by atoms with Crippen molar-refractivity contribution < 1.29 is 17.7 Å². The third-order valence-corrected chi connectivity index (χ3v) is 3.30. The van der Waals surface area contributed by atoms with Crippen LogP contribution in [-0.4, -0.2) is 13.6 Å². The van der Waals surface area contributed by atoms with E-state index in [9.17, 15) is 12.9 Å². The molecule has 0 atom stereocenters. The minimum Gasteiger partial charge on any atom is -0.493 e. The van der Waals surface area contributed by atoms with Gasteiger partial charge in [-0.05, 0) is 37.8 Å². The Kier molecular flexibility index (Phi) is 3.36. The van der Waals surface area contributed by atoms with Gasteiger partial charge in [0.15, 0.2) is 0 Å². The highest BCUT2D eigenvalue weighted by molar-refractivity contribution is 6.74. The summed E-state index contributed by atoms with van der Waals surface area (Å²) < 4.78 is 43.2. The Morgan fingerprint density at radius 2 is 2.00 bits per heavy atom. The molecular formula is C12H15BF3O-. The van der Waals surface area contributed by atoms with Crippen LogP contribution in [0.25, 0.3) is 0 Å². The minimum atomic E-state index is -4.92. The van der Waals surface area contributed by atoms with Crippen LogP contribution >= 0.6 is 0 Å². The second-order valence-electron chi connectivity index (χ2n) is 4.70. The Bertz CT molecular complexity index is 399. The van der Waals surface area contributed by atoms with Gasteiger partial charge in [-0.15, -0.1) is 5.46 Å². The Morgan fingerprint density at radius 1 is 1.29 bits per heavy atom. The fourth-order valence-corrected chi connectivity index (χ4v) is 1.98. The Morgan fingerprint density at radius 3 is 2.47 bits per heavy atom. The van der Waals surface area contributed by atoms with E-state index in [4.69, 9.17) is 4.74 Å². The fourth-order valence-electron chi connectivity index (χ4n) is 1.98. The zero-order valence-corrected chi connectivity index (χ0v) is 9.76. The average Bonchev–Trinajstić information content (AvgIpc) is 2.13. The molecule has 1 aliphatic carbocycles. The SMILES string of the molecule is Cc1cc(OCC2CCC2)ccc1[B-](F)(F)F. The molecule has 0 radical (unpaired) electrons. The van der Waals surface area contributed by atoms with E-state index in [2.05, 4.69) is 0 Å². The maximum atomic E-state index is 12.6. The van der Waals surface area contributed by atoms with E-state index in [-0.39, 0.29) is 5.56 Å². The maximum absolute atomic E-state index is 12.6. The van der Waals surface area contributed by atoms with E-state index in [0.29, 0.717) is 18.3 Å². The van der Waals surface area contributed by atoms with Crippen LogP contribution in [0.2, 0.25) is 0 Å². The first-order valence-electron chi connectivity index (χ1n) is 5.90. The molecule has 1 aliphatic rings. The summed E-state index contributed by atoms with van der Waals surface area (Å²) in [7, 11) is 0. The smallest absolute Gasteiger partial charge is 0.493 e. The first kappa shape index (κ1) is 12.3. The van der Waals surface area contributed by atoms with E-state index in [1.807, 2.05) is 0 Å². The molecule has 1 saturated carbocycles. The quantitative estimate of drug-likeness (QED) is 0.737. The van der Waals surface area contributed by atoms with Crippen molar-refractivity contribution in [2.75, 3.05) is 6.61 Å². The highest BCUT2D eigenvalue weighted by Gasteiger charge is 2.27. The van der Waals surface area contributed by atoms with Crippen LogP contribution < -0.4 is 10.2 Å². The van der Waals surface area contributed by atoms with Gasteiger partial charge in [-0.2, -0.15) is 0 Å². The van der Waals surface area contributed by atoms with Crippen LogP contribution in [0.15, 0.2) is 18.2 Å². The molecule has 94 valence electrons. The van der Waals surface area contributed by atoms with Gasteiger partial charge in [0.2, 0.25) is 0 Å². The summed E-state index contributed by atoms with van der Waals surface area (Å²) in [5.74, 6) is 1.13. The Balaban J connectivity index is 2.02. The first-order chi connectivity index (χ1) is 7.97. The van der Waals surface area contributed by atoms with E-state index in [1.165, 1.54) is 38.3 Å². The molecule has 0 spiro atoms. The second kappa shape index (κ2) is 4.63. The summed E-state index contributed by atoms with van der Waals surface area (Å²) in [4.78, 5) is 0. The molecule has 0 aliphatic heterocycles. The molecule has 2 rings (SSSR count). The maximum Gasteiger partial charge on any atom is 0.509 e. The molecule has 0 unspecified atom stereocenters. The van der Waals surface area contributed by atoms with Crippen LogP contribution in [-0.2, 0) is 0 Å². The predicted molar refractivity (Wildman–Crippen MR) is 62.7 cm³/mol. The summed E-state index contributed by atoms with van der Waals surface area (Å²) >= 11 is 0. The van der Waals surface area contributed by atoms with Gasteiger partial charge in [0, 0.05) is 0 Å². The van der Waals surface area contributed by atoms with E-state index in [0.717, 1.165) is 6.07 Å². The van der Waals surface area contributed by atoms with Crippen molar-refractivity contribution >= 4 is 12.4 Å². The molecule has 5 heteroatoms. The number of ether oxygens (including phenoxy) is 1. The van der Waals surface area contributed by atoms with Gasteiger partial charge in [0.05, 0.1) is 6.61 Å². The molecule has 0 aromatic heterocycles. The summed E-state index contributed by atoms with van der Waals surface area (Å²) in [5.41, 5.74) is -0.287. The zero-order valence-electron chi connectivity index (χ0n) is 9.76. The molecule has 1 aromatic carbocycles. The van der Waals surface area contributed by atoms with Crippen LogP contribution in [0.4, 0.5) is 12.9 Å². The van der Waals surface area contributed by atoms with Crippen molar-refractivity contribution in [2.24, 2.45) is 5.92 Å². The van der Waals surface area contributed by atoms with Crippen LogP contribution in [0.5, 0.6) is 5.75 Å². The van der Waals surface area contributed by atoms with Crippen molar-refractivity contribution in [3.63, 3.8) is 0 Å². The topological polar surface area (TPSA) is 9.23 Å². The lowest BCUT2D eigenvalue weighted by molar-refractivity contribution is 0.180. The number of aryl methyl sites for hydroxylation is 1. The third-order valence-electron chi connectivity index (χ3n) is 3.30. The van der Waals surface area contributed by atoms with E-state index in [1.54, 1.807) is 0 Å². The summed E-state index contributed by atoms with van der Waals surface area (Å²) in [6.45, 7) is -2.82. The Labute approximate surface area is 99.0 Å². The lowest BCUT2D eigenvalue weighted by atomic mass is 9.77. The molecule has 1 aromatic rings. The number of hydrogen-bond donors (Lipinski definition) is 0. The number of rotatable bonds is 4. The second-order valence-corrected chi connectivity index (χ2v) is 4.70. The van der Waals surface area contributed by atoms with Crippen LogP contribution in [0.3, 0.4) is 0 Å². The zero-order chi connectivity index (χ0) is 12.5. The lowest BCUT2D eigenvalue weighted by Crippen LogP contribution is -2.36. The van der Waals surface area contributed by atoms with Crippen LogP contribution in [0.1, 0.15) is 24.8 Å². The first-order valence-corrected chi connectivity index (χ1v) is 5.90. The van der Waals surface area contributed by atoms with Gasteiger partial charge in [-0.3, -0.25) is 0 Å². The van der Waals surface area contributed by atoms with Gasteiger partial charge in [-0.1, -0.05) is 18.1 Å². The average molecular weight is 243 g/mol. The minimum absolute atomic E-state index is 0.239. The number of halogens is 3. The predicted octanol–water partition coefficient (Wildman–Crippen LogP) is 3.23. The normalized spacial score (nSPS) is 16.7. The highest BCUT2D eigenvalue weighted by Crippen LogP contribution is 2.27. The van der Waals surface area contributed by atoms with Crippen LogP contribution in [0, 0.1) is 12.8 Å². The largest absolute Gasteiger partial charge is 0.509 e. The molecule has 0 saturated heterocycles. The molecule has 0 bridgehead atoms. The molecule has 0 amide bonds. The van der Waals surface area contributed by atoms with Gasteiger partial charge < -0.3 is 17.7 Å². The van der Waals surface area contributed by atoms with Crippen molar-refractivity contribution in [3.05, 3.63) is 23.8 Å². The lowest BCUT2D eigenvalue weighted by Gasteiger charge is -2.25. The fraction of sp³-hybridized carbons (Fsp3) is 0.500. The van der Waals surface area contributed by atoms with Crippen molar-refractivity contribution in [3.8, 4) is 5.75 Å². The monoisotopic (exact) mass is 243 g/mol. The molecule has 1 fully saturated rings. The number of hydrogen-bond acceptors (Lipinski definition) is 1. The third kappa shape index (κ3) is 2.96. The molecule has 17 heavy (non-hydrogen) atoms. The summed E-state index contributed by atoms with van der Waals surface area (Å²) in [6.07, 6.45) is 3.58. The summed E-state index contributed by atoms with van der Waals surface area (Å²) in [6, 6.07) is 4.00. The molecule has 0 N–H and O–H groups in total. The van der Waals surface area contributed by atoms with E-state index < -0.39 is 12.4 Å². The van der Waals surface area contributed by atoms with Gasteiger partial charge in [0.1, 0.15) is 5.75 Å². The number of benzene rings is 1. The van der Waals surface area contributed by atoms with Gasteiger partial charge >= 0.3 is 6.98 Å². The van der Waals surface area contributed by atoms with Crippen molar-refractivity contribution in [1.82, 2.24) is 0 Å². The van der Waals surface area contributed by atoms with Gasteiger partial charge in [-0.25, -0.2) is 0 Å². The molecule has 0 heterocycles. The van der Waals surface area contributed by atoms with Gasteiger partial charge in [0.25, 0.3) is 0 Å². The van der Waals surface area contributed by atoms with Crippen molar-refractivity contribution in [2.45, 2.75) is 26.2 Å². The molecule has 1 nitrogen and oxygen atoms in total. The standard InChI is InChI=1S/C12H15BF3O/c1-9-7-11(17-8-10-3-2-4-10)5-6-12(9)13(14,15)16/h5-7,10H,2-4,8H2,1H3/q-1. The molecular weight excluding hydrogens is 228 g/mol. The van der Waals surface area contributed by atoms with Crippen molar-refractivity contribution in [1.29, 1.82) is 0 Å². The Hall–Kier alpha value is -1.13.